The lowest BCUT2D eigenvalue weighted by atomic mass is 9.81. The number of anilines is 6. The zero-order valence-electron chi connectivity index (χ0n) is 43.8. The molecule has 0 saturated heterocycles. The van der Waals surface area contributed by atoms with Crippen LogP contribution in [0.15, 0.2) is 206 Å². The van der Waals surface area contributed by atoms with Crippen LogP contribution in [0.3, 0.4) is 0 Å². The average Bonchev–Trinajstić information content (AvgIpc) is 3.75. The van der Waals surface area contributed by atoms with E-state index >= 15 is 0 Å². The van der Waals surface area contributed by atoms with Crippen molar-refractivity contribution < 1.29 is 0 Å². The highest BCUT2D eigenvalue weighted by Gasteiger charge is 2.37. The van der Waals surface area contributed by atoms with E-state index in [2.05, 4.69) is 296 Å². The maximum absolute atomic E-state index is 2.42. The van der Waals surface area contributed by atoms with Gasteiger partial charge in [0.15, 0.2) is 0 Å². The van der Waals surface area contributed by atoms with Crippen LogP contribution in [0, 0.1) is 27.7 Å². The standard InChI is InChI=1S/C72H62N2/c1-47-13-9-17-57(37-47)73(58-18-10-14-48(2)38-58)61-31-35-65-63-33-27-53(43-67(63)71(5,6)69(65)45-61)23-21-51-25-29-56-42-52(26-30-55(56)41-51)22-24-54-28-34-64-66-36-32-62(46-70(66)72(7,8)68(64)44-54)74(59-19-11-15-49(3)39-59)60-20-12-16-50(4)40-60/h9-46H,1-8H3/b23-21+,24-22+. The van der Waals surface area contributed by atoms with Gasteiger partial charge in [-0.3, -0.25) is 0 Å². The number of rotatable bonds is 10. The van der Waals surface area contributed by atoms with E-state index in [0.717, 1.165) is 0 Å². The van der Waals surface area contributed by atoms with E-state index in [0.29, 0.717) is 0 Å². The molecule has 360 valence electrons. The Kier molecular flexibility index (Phi) is 11.5. The highest BCUT2D eigenvalue weighted by atomic mass is 15.1. The SMILES string of the molecule is Cc1cccc(N(c2cccc(C)c2)c2ccc3c(c2)C(C)(C)c2cc(/C=C/c4ccc5cc(/C=C/c6ccc7c(c6)C(C)(C)c6cc(N(c8cccc(C)c8)c8cccc(C)c8)ccc6-7)ccc5c4)ccc2-3)c1. The van der Waals surface area contributed by atoms with Crippen LogP contribution in [0.1, 0.15) is 94.5 Å². The van der Waals surface area contributed by atoms with E-state index in [9.17, 15) is 0 Å². The second-order valence-electron chi connectivity index (χ2n) is 21.9. The van der Waals surface area contributed by atoms with Gasteiger partial charge in [-0.2, -0.15) is 0 Å². The molecule has 2 aliphatic rings. The quantitative estimate of drug-likeness (QED) is 0.126. The molecule has 12 rings (SSSR count). The Labute approximate surface area is 438 Å². The van der Waals surface area contributed by atoms with E-state index in [1.807, 2.05) is 0 Å². The molecule has 0 aliphatic heterocycles. The smallest absolute Gasteiger partial charge is 0.0465 e. The lowest BCUT2D eigenvalue weighted by Crippen LogP contribution is -2.16. The van der Waals surface area contributed by atoms with Crippen molar-refractivity contribution in [3.63, 3.8) is 0 Å². The summed E-state index contributed by atoms with van der Waals surface area (Å²) in [6, 6.07) is 76.9. The number of aryl methyl sites for hydroxylation is 4. The molecule has 0 heterocycles. The van der Waals surface area contributed by atoms with Gasteiger partial charge in [-0.15, -0.1) is 0 Å². The molecule has 0 saturated carbocycles. The van der Waals surface area contributed by atoms with Gasteiger partial charge in [0, 0.05) is 45.0 Å². The van der Waals surface area contributed by atoms with Crippen LogP contribution in [-0.4, -0.2) is 0 Å². The summed E-state index contributed by atoms with van der Waals surface area (Å²) < 4.78 is 0. The van der Waals surface area contributed by atoms with Crippen LogP contribution in [0.5, 0.6) is 0 Å². The summed E-state index contributed by atoms with van der Waals surface area (Å²) >= 11 is 0. The number of hydrogen-bond donors (Lipinski definition) is 0. The van der Waals surface area contributed by atoms with Crippen LogP contribution in [0.25, 0.3) is 57.3 Å². The second kappa shape index (κ2) is 18.2. The van der Waals surface area contributed by atoms with E-state index in [4.69, 9.17) is 0 Å². The molecule has 0 fully saturated rings. The average molecular weight is 955 g/mol. The molecule has 0 aromatic heterocycles. The van der Waals surface area contributed by atoms with Crippen LogP contribution >= 0.6 is 0 Å². The summed E-state index contributed by atoms with van der Waals surface area (Å²) in [7, 11) is 0. The molecular weight excluding hydrogens is 893 g/mol. The third-order valence-electron chi connectivity index (χ3n) is 15.7. The third kappa shape index (κ3) is 8.45. The van der Waals surface area contributed by atoms with Crippen LogP contribution in [-0.2, 0) is 10.8 Å². The maximum Gasteiger partial charge on any atom is 0.0465 e. The first-order valence-corrected chi connectivity index (χ1v) is 26.1. The third-order valence-corrected chi connectivity index (χ3v) is 15.7. The molecule has 0 amide bonds. The molecule has 0 atom stereocenters. The zero-order valence-corrected chi connectivity index (χ0v) is 43.8. The Morgan fingerprint density at radius 1 is 0.270 bits per heavy atom. The van der Waals surface area contributed by atoms with E-state index in [-0.39, 0.29) is 10.8 Å². The van der Waals surface area contributed by atoms with Crippen LogP contribution < -0.4 is 9.80 Å². The molecule has 2 heteroatoms. The number of hydrogen-bond acceptors (Lipinski definition) is 2. The second-order valence-corrected chi connectivity index (χ2v) is 21.9. The van der Waals surface area contributed by atoms with Crippen molar-refractivity contribution in [2.75, 3.05) is 9.80 Å². The van der Waals surface area contributed by atoms with Crippen molar-refractivity contribution >= 4 is 69.2 Å². The Bertz CT molecular complexity index is 3570. The van der Waals surface area contributed by atoms with Gasteiger partial charge in [-0.25, -0.2) is 0 Å². The fourth-order valence-electron chi connectivity index (χ4n) is 11.8. The minimum atomic E-state index is -0.161. The summed E-state index contributed by atoms with van der Waals surface area (Å²) in [5, 5.41) is 2.46. The molecular formula is C72H62N2. The monoisotopic (exact) mass is 954 g/mol. The van der Waals surface area contributed by atoms with E-state index in [1.165, 1.54) is 134 Å². The molecule has 10 aromatic carbocycles. The van der Waals surface area contributed by atoms with Gasteiger partial charge < -0.3 is 9.80 Å². The molecule has 0 bridgehead atoms. The highest BCUT2D eigenvalue weighted by Crippen LogP contribution is 2.53. The van der Waals surface area contributed by atoms with Crippen molar-refractivity contribution in [3.05, 3.63) is 273 Å². The van der Waals surface area contributed by atoms with Gasteiger partial charge >= 0.3 is 0 Å². The van der Waals surface area contributed by atoms with Gasteiger partial charge in [0.2, 0.25) is 0 Å². The minimum Gasteiger partial charge on any atom is -0.310 e. The molecule has 2 aliphatic carbocycles. The van der Waals surface area contributed by atoms with Gasteiger partial charge in [-0.1, -0.05) is 173 Å². The first-order valence-electron chi connectivity index (χ1n) is 26.1. The first kappa shape index (κ1) is 46.6. The lowest BCUT2D eigenvalue weighted by Gasteiger charge is -2.28. The number of benzene rings is 10. The summed E-state index contributed by atoms with van der Waals surface area (Å²) in [6.45, 7) is 18.2. The van der Waals surface area contributed by atoms with Gasteiger partial charge in [0.25, 0.3) is 0 Å². The zero-order chi connectivity index (χ0) is 50.9. The highest BCUT2D eigenvalue weighted by molar-refractivity contribution is 5.91. The predicted molar refractivity (Wildman–Crippen MR) is 318 cm³/mol. The fourth-order valence-corrected chi connectivity index (χ4v) is 11.8. The van der Waals surface area contributed by atoms with E-state index in [1.54, 1.807) is 0 Å². The van der Waals surface area contributed by atoms with E-state index < -0.39 is 0 Å². The first-order chi connectivity index (χ1) is 35.8. The Hall–Kier alpha value is -8.46. The van der Waals surface area contributed by atoms with Crippen molar-refractivity contribution in [2.45, 2.75) is 66.2 Å². The van der Waals surface area contributed by atoms with Gasteiger partial charge in [-0.05, 0) is 212 Å². The summed E-state index contributed by atoms with van der Waals surface area (Å²) in [4.78, 5) is 4.79. The fraction of sp³-hybridized carbons (Fsp3) is 0.139. The van der Waals surface area contributed by atoms with Crippen molar-refractivity contribution in [3.8, 4) is 22.3 Å². The number of fused-ring (bicyclic) bond motifs is 7. The Morgan fingerprint density at radius 2 is 0.541 bits per heavy atom. The van der Waals surface area contributed by atoms with Crippen molar-refractivity contribution in [2.24, 2.45) is 0 Å². The summed E-state index contributed by atoms with van der Waals surface area (Å²) in [6.07, 6.45) is 9.04. The largest absolute Gasteiger partial charge is 0.310 e. The van der Waals surface area contributed by atoms with Crippen molar-refractivity contribution in [1.82, 2.24) is 0 Å². The molecule has 10 aromatic rings. The summed E-state index contributed by atoms with van der Waals surface area (Å²) in [5.74, 6) is 0. The molecule has 0 unspecified atom stereocenters. The topological polar surface area (TPSA) is 6.48 Å². The Balaban J connectivity index is 0.761. The maximum atomic E-state index is 2.42. The lowest BCUT2D eigenvalue weighted by molar-refractivity contribution is 0.660. The molecule has 2 nitrogen and oxygen atoms in total. The van der Waals surface area contributed by atoms with Gasteiger partial charge in [0.1, 0.15) is 0 Å². The predicted octanol–water partition coefficient (Wildman–Crippen LogP) is 20.0. The summed E-state index contributed by atoms with van der Waals surface area (Å²) in [5.41, 5.74) is 27.2. The van der Waals surface area contributed by atoms with Crippen LogP contribution in [0.2, 0.25) is 0 Å². The Morgan fingerprint density at radius 3 is 0.865 bits per heavy atom. The minimum absolute atomic E-state index is 0.161. The number of nitrogens with zero attached hydrogens (tertiary/aromatic N) is 2. The van der Waals surface area contributed by atoms with Gasteiger partial charge in [0.05, 0.1) is 0 Å². The molecule has 74 heavy (non-hydrogen) atoms. The van der Waals surface area contributed by atoms with Crippen LogP contribution in [0.4, 0.5) is 34.1 Å². The normalized spacial score (nSPS) is 13.8. The molecule has 0 N–H and O–H groups in total. The molecule has 0 spiro atoms. The molecule has 0 radical (unpaired) electrons. The van der Waals surface area contributed by atoms with Crippen molar-refractivity contribution in [1.29, 1.82) is 0 Å².